The fourth-order valence-corrected chi connectivity index (χ4v) is 26.0. The molecule has 0 heterocycles. The minimum Gasteiger partial charge on any atom is -0.376 e. The van der Waals surface area contributed by atoms with E-state index in [0.29, 0.717) is 22.3 Å². The second-order valence-electron chi connectivity index (χ2n) is 35.8. The van der Waals surface area contributed by atoms with E-state index in [0.717, 1.165) is 109 Å². The first-order valence-electron chi connectivity index (χ1n) is 33.1. The maximum atomic E-state index is 16.6. The van der Waals surface area contributed by atoms with Crippen molar-refractivity contribution in [2.45, 2.75) is 165 Å². The van der Waals surface area contributed by atoms with Gasteiger partial charge in [0, 0.05) is 77.9 Å². The Morgan fingerprint density at radius 2 is 0.385 bits per heavy atom. The van der Waals surface area contributed by atoms with E-state index in [1.165, 1.54) is 162 Å². The van der Waals surface area contributed by atoms with Crippen LogP contribution in [-0.2, 0) is 76.9 Å². The van der Waals surface area contributed by atoms with E-state index in [4.69, 9.17) is 48.9 Å². The largest absolute Gasteiger partial charge is 0.376 e. The molecule has 21 aromatic carbocycles. The lowest BCUT2D eigenvalue weighted by atomic mass is 9.49. The van der Waals surface area contributed by atoms with Crippen molar-refractivity contribution in [2.75, 3.05) is 0 Å². The van der Waals surface area contributed by atoms with Crippen molar-refractivity contribution >= 4 is 215 Å². The topological polar surface area (TPSA) is 113 Å². The van der Waals surface area contributed by atoms with Gasteiger partial charge in [-0.25, -0.2) is 48.9 Å². The standard InChI is InChI=1S/C80H46O11/c1-70(2,3)82-87-76-58-48-38-28-21-16-17-19-20-18(16)23-30(28)40-41-31(23)33-25(20)35-34-24(19)32-29-22(17)27-26(21)36(38)46-47-37(27)39(29)49-52-42(32)44(34)54-55-45(35)43(33)53-51(41)61(60(76)50(40)48)78(89-84-72(7,8)9)63(53)65(55)79(90-85-73(10,11)12)64(54)62(52)77(88-83-71(4,5)6)59(49)57(47)75(81,56(46)58)66-67(76)69(78)80(79,68(66)77)91-86-74(13,14)15/h81H,1-15H3/t75-,76+,77-,78+,79-,80+/m0/s1. The molecule has 6 atom stereocenters. The quantitative estimate of drug-likeness (QED) is 0.0802. The first kappa shape index (κ1) is 44.1. The number of benzene rings is 15. The van der Waals surface area contributed by atoms with E-state index in [1.54, 1.807) is 0 Å². The second kappa shape index (κ2) is 10.3. The van der Waals surface area contributed by atoms with Gasteiger partial charge < -0.3 is 5.11 Å². The third kappa shape index (κ3) is 2.97. The highest BCUT2D eigenvalue weighted by Gasteiger charge is 2.91. The Bertz CT molecular complexity index is 7530. The molecule has 32 rings (SSSR count). The Kier molecular flexibility index (Phi) is 5.01. The average molecular weight is 1180 g/mol. The third-order valence-electron chi connectivity index (χ3n) is 26.5. The predicted octanol–water partition coefficient (Wildman–Crippen LogP) is 18.5. The van der Waals surface area contributed by atoms with Crippen LogP contribution in [0.1, 0.15) is 159 Å². The molecule has 1 N–H and O–H groups in total. The SMILES string of the molecule is CC(C)(C)OO[C@@]12C3=C4[C@@]5(OOC(C)(C)C)c6c1c1c7c2c2c8c9c%10c%11c%12c%13c%14c%15c%16c%17c(c5c5c6c6c1c1c%18c7c8c7c8c9c%12c9c%12c%13c%16c%13c%16c%17c5c5c6c1c1c(c7%18)c(c89)c(c%12%13)c1c5%16)[C@]%15(OOC(C)(C)C)[C@@]4(OOC(C)(C)C)C(=C3[C@]2%10O)[C@]%11%14OOC(C)(C)C. The summed E-state index contributed by atoms with van der Waals surface area (Å²) < 4.78 is 0. The molecule has 0 saturated carbocycles. The Balaban J connectivity index is 1.05. The van der Waals surface area contributed by atoms with E-state index in [2.05, 4.69) is 83.1 Å². The Hall–Kier alpha value is -7.46. The van der Waals surface area contributed by atoms with Gasteiger partial charge in [-0.2, -0.15) is 0 Å². The highest BCUT2D eigenvalue weighted by Crippen LogP contribution is 2.92. The molecule has 0 spiro atoms. The van der Waals surface area contributed by atoms with Gasteiger partial charge in [-0.1, -0.05) is 0 Å². The van der Waals surface area contributed by atoms with Crippen LogP contribution in [0.2, 0.25) is 0 Å². The van der Waals surface area contributed by atoms with Crippen molar-refractivity contribution in [1.82, 2.24) is 0 Å². The monoisotopic (exact) mass is 1180 g/mol. The fourth-order valence-electron chi connectivity index (χ4n) is 26.0. The van der Waals surface area contributed by atoms with Gasteiger partial charge in [-0.15, -0.1) is 0 Å². The summed E-state index contributed by atoms with van der Waals surface area (Å²) in [5.74, 6) is 0. The zero-order valence-electron chi connectivity index (χ0n) is 52.0. The number of hydrogen-bond donors (Lipinski definition) is 1. The zero-order chi connectivity index (χ0) is 59.7. The lowest BCUT2D eigenvalue weighted by Crippen LogP contribution is -2.70. The van der Waals surface area contributed by atoms with Crippen molar-refractivity contribution in [2.24, 2.45) is 0 Å². The molecule has 21 aromatic rings. The van der Waals surface area contributed by atoms with Gasteiger partial charge in [0.2, 0.25) is 0 Å². The van der Waals surface area contributed by atoms with Crippen molar-refractivity contribution < 1.29 is 54.0 Å². The molecule has 0 unspecified atom stereocenters. The predicted molar refractivity (Wildman–Crippen MR) is 350 cm³/mol. The van der Waals surface area contributed by atoms with Gasteiger partial charge >= 0.3 is 0 Å². The van der Waals surface area contributed by atoms with Crippen LogP contribution in [0.25, 0.3) is 215 Å². The molecule has 0 aliphatic heterocycles. The molecule has 0 saturated heterocycles. The van der Waals surface area contributed by atoms with Crippen molar-refractivity contribution in [3.63, 3.8) is 0 Å². The molecule has 0 radical (unpaired) electrons. The third-order valence-corrected chi connectivity index (χ3v) is 26.5. The van der Waals surface area contributed by atoms with Crippen molar-refractivity contribution in [1.29, 1.82) is 0 Å². The maximum absolute atomic E-state index is 16.6. The van der Waals surface area contributed by atoms with Crippen LogP contribution >= 0.6 is 0 Å². The van der Waals surface area contributed by atoms with Gasteiger partial charge in [-0.05, 0) is 319 Å². The summed E-state index contributed by atoms with van der Waals surface area (Å²) in [6, 6.07) is 0. The van der Waals surface area contributed by atoms with Crippen LogP contribution < -0.4 is 0 Å². The van der Waals surface area contributed by atoms with Gasteiger partial charge in [0.25, 0.3) is 0 Å². The van der Waals surface area contributed by atoms with Gasteiger partial charge in [0.05, 0.1) is 28.0 Å². The molecule has 0 fully saturated rings. The van der Waals surface area contributed by atoms with Crippen molar-refractivity contribution in [3.8, 4) is 0 Å². The lowest BCUT2D eigenvalue weighted by Gasteiger charge is -2.62. The second-order valence-corrected chi connectivity index (χ2v) is 35.8. The van der Waals surface area contributed by atoms with Gasteiger partial charge in [0.15, 0.2) is 28.0 Å². The van der Waals surface area contributed by atoms with E-state index in [-0.39, 0.29) is 0 Å². The Morgan fingerprint density at radius 1 is 0.198 bits per heavy atom. The lowest BCUT2D eigenvalue weighted by molar-refractivity contribution is -0.484. The summed E-state index contributed by atoms with van der Waals surface area (Å²) >= 11 is 0. The van der Waals surface area contributed by atoms with E-state index >= 15 is 5.11 Å². The molecule has 0 aromatic heterocycles. The molecule has 91 heavy (non-hydrogen) atoms. The van der Waals surface area contributed by atoms with Crippen LogP contribution in [-0.4, -0.2) is 38.7 Å². The number of rotatable bonds is 10. The molecular weight excluding hydrogens is 1140 g/mol. The van der Waals surface area contributed by atoms with Crippen LogP contribution in [0.3, 0.4) is 0 Å². The van der Waals surface area contributed by atoms with E-state index in [1.807, 2.05) is 20.8 Å². The van der Waals surface area contributed by atoms with Crippen LogP contribution in [0.4, 0.5) is 0 Å². The summed E-state index contributed by atoms with van der Waals surface area (Å²) in [6.45, 7) is 31.0. The molecule has 11 nitrogen and oxygen atoms in total. The zero-order valence-corrected chi connectivity index (χ0v) is 52.0. The first-order valence-corrected chi connectivity index (χ1v) is 33.1. The summed E-state index contributed by atoms with van der Waals surface area (Å²) in [6.07, 6.45) is 0. The van der Waals surface area contributed by atoms with E-state index < -0.39 is 61.6 Å². The molecular formula is C80H46O11. The van der Waals surface area contributed by atoms with Gasteiger partial charge in [-0.3, -0.25) is 0 Å². The highest BCUT2D eigenvalue weighted by molar-refractivity contribution is 6.77. The number of hydrogen-bond acceptors (Lipinski definition) is 11. The maximum Gasteiger partial charge on any atom is 0.196 e. The molecule has 432 valence electrons. The summed E-state index contributed by atoms with van der Waals surface area (Å²) in [5, 5.41) is 68.2. The normalized spacial score (nSPS) is 28.6. The molecule has 11 aliphatic carbocycles. The Labute approximate surface area is 510 Å². The summed E-state index contributed by atoms with van der Waals surface area (Å²) in [5.41, 5.74) is -3.13. The van der Waals surface area contributed by atoms with E-state index in [9.17, 15) is 0 Å². The summed E-state index contributed by atoms with van der Waals surface area (Å²) in [4.78, 5) is 78.7. The van der Waals surface area contributed by atoms with Crippen molar-refractivity contribution in [3.05, 3.63) is 77.9 Å². The van der Waals surface area contributed by atoms with Crippen LogP contribution in [0.15, 0.2) is 22.3 Å². The Morgan fingerprint density at radius 3 is 0.681 bits per heavy atom. The molecule has 11 aliphatic rings. The summed E-state index contributed by atoms with van der Waals surface area (Å²) in [7, 11) is 0. The van der Waals surface area contributed by atoms with Gasteiger partial charge in [0.1, 0.15) is 5.60 Å². The molecule has 0 bridgehead atoms. The minimum atomic E-state index is -2.03. The van der Waals surface area contributed by atoms with Crippen LogP contribution in [0.5, 0.6) is 0 Å². The average Bonchev–Trinajstić information content (AvgIpc) is 1.37. The fraction of sp³-hybridized carbons (Fsp3) is 0.325. The minimum absolute atomic E-state index is 0.627. The molecule has 11 heteroatoms. The van der Waals surface area contributed by atoms with Crippen LogP contribution in [0, 0.1) is 0 Å². The smallest absolute Gasteiger partial charge is 0.196 e. The highest BCUT2D eigenvalue weighted by atomic mass is 17.3. The first-order chi connectivity index (χ1) is 43.2. The molecule has 0 amide bonds. The number of aliphatic hydroxyl groups is 1.